The summed E-state index contributed by atoms with van der Waals surface area (Å²) in [5, 5.41) is 4.42. The third-order valence-electron chi connectivity index (χ3n) is 3.84. The maximum atomic E-state index is 4.42. The van der Waals surface area contributed by atoms with Crippen LogP contribution in [-0.4, -0.2) is 23.9 Å². The van der Waals surface area contributed by atoms with E-state index in [2.05, 4.69) is 9.19 Å². The van der Waals surface area contributed by atoms with Crippen molar-refractivity contribution in [2.75, 3.05) is 0 Å². The van der Waals surface area contributed by atoms with Crippen molar-refractivity contribution in [2.24, 2.45) is 5.92 Å². The monoisotopic (exact) mass is 270 g/mol. The van der Waals surface area contributed by atoms with Crippen LogP contribution in [0.5, 0.6) is 0 Å². The van der Waals surface area contributed by atoms with Crippen molar-refractivity contribution in [3.8, 4) is 0 Å². The Balaban J connectivity index is 1.76. The van der Waals surface area contributed by atoms with Gasteiger partial charge in [-0.05, 0) is 0 Å². The van der Waals surface area contributed by atoms with Crippen LogP contribution < -0.4 is 0 Å². The van der Waals surface area contributed by atoms with Crippen LogP contribution in [-0.2, 0) is 6.42 Å². The molecule has 1 aromatic rings. The molecule has 2 aliphatic rings. The minimum atomic E-state index is 0.372. The van der Waals surface area contributed by atoms with E-state index in [4.69, 9.17) is 0 Å². The number of aromatic nitrogens is 2. The molecule has 0 spiro atoms. The molecule has 1 fully saturated rings. The molecule has 0 amide bonds. The molecule has 3 heteroatoms. The van der Waals surface area contributed by atoms with Crippen LogP contribution in [0.2, 0.25) is 0 Å². The topological polar surface area (TPSA) is 25.8 Å². The van der Waals surface area contributed by atoms with Crippen molar-refractivity contribution < 1.29 is 0 Å². The summed E-state index contributed by atoms with van der Waals surface area (Å²) in [5.74, 6) is 1.80. The Kier molecular flexibility index (Phi) is 2.94. The van der Waals surface area contributed by atoms with E-state index in [-0.39, 0.29) is 0 Å². The van der Waals surface area contributed by atoms with Crippen LogP contribution in [0, 0.1) is 5.92 Å². The third kappa shape index (κ3) is 2.19. The van der Waals surface area contributed by atoms with Gasteiger partial charge in [0.15, 0.2) is 0 Å². The zero-order valence-electron chi connectivity index (χ0n) is 9.11. The predicted molar refractivity (Wildman–Crippen MR) is 61.2 cm³/mol. The summed E-state index contributed by atoms with van der Waals surface area (Å²) in [4.78, 5) is 0. The number of rotatable bonds is 0. The second-order valence-corrected chi connectivity index (χ2v) is 6.75. The van der Waals surface area contributed by atoms with Gasteiger partial charge in [0, 0.05) is 0 Å². The molecule has 3 rings (SSSR count). The van der Waals surface area contributed by atoms with Crippen molar-refractivity contribution in [2.45, 2.75) is 57.3 Å². The van der Waals surface area contributed by atoms with Crippen molar-refractivity contribution in [3.63, 3.8) is 0 Å². The van der Waals surface area contributed by atoms with Crippen molar-refractivity contribution in [3.05, 3.63) is 10.1 Å². The summed E-state index contributed by atoms with van der Waals surface area (Å²) in [5.41, 5.74) is 1.43. The molecule has 1 saturated carbocycles. The molecule has 82 valence electrons. The Morgan fingerprint density at radius 2 is 1.93 bits per heavy atom. The Bertz CT molecular complexity index is 334. The van der Waals surface area contributed by atoms with Gasteiger partial charge in [-0.25, -0.2) is 0 Å². The van der Waals surface area contributed by atoms with Gasteiger partial charge < -0.3 is 0 Å². The molecular weight excluding hydrogens is 251 g/mol. The van der Waals surface area contributed by atoms with Crippen LogP contribution in [0.25, 0.3) is 0 Å². The number of hydrogen-bond donors (Lipinski definition) is 0. The van der Waals surface area contributed by atoms with Crippen molar-refractivity contribution in [1.82, 2.24) is 9.19 Å². The Morgan fingerprint density at radius 1 is 1.07 bits per heavy atom. The van der Waals surface area contributed by atoms with E-state index in [1.165, 1.54) is 57.1 Å². The number of fused-ring (bicyclic) bond motifs is 3. The van der Waals surface area contributed by atoms with E-state index in [1.807, 2.05) is 0 Å². The first-order chi connectivity index (χ1) is 7.45. The van der Waals surface area contributed by atoms with Gasteiger partial charge in [-0.2, -0.15) is 0 Å². The molecule has 1 heterocycles. The summed E-state index contributed by atoms with van der Waals surface area (Å²) in [7, 11) is 0. The van der Waals surface area contributed by atoms with Gasteiger partial charge in [0.25, 0.3) is 0 Å². The number of nitrogens with zero attached hydrogens (tertiary/aromatic N) is 2. The fourth-order valence-electron chi connectivity index (χ4n) is 2.79. The predicted octanol–water partition coefficient (Wildman–Crippen LogP) is 2.53. The Labute approximate surface area is 97.5 Å². The normalized spacial score (nSPS) is 31.2. The molecule has 0 bridgehead atoms. The fraction of sp³-hybridized carbons (Fsp3) is 0.833. The molecule has 0 saturated heterocycles. The average molecular weight is 269 g/mol. The first kappa shape index (κ1) is 10.0. The second kappa shape index (κ2) is 4.39. The van der Waals surface area contributed by atoms with Crippen LogP contribution in [0.15, 0.2) is 0 Å². The first-order valence-corrected chi connectivity index (χ1v) is 7.88. The summed E-state index contributed by atoms with van der Waals surface area (Å²) in [6.45, 7) is 0. The van der Waals surface area contributed by atoms with E-state index < -0.39 is 0 Å². The molecule has 0 unspecified atom stereocenters. The molecule has 2 nitrogen and oxygen atoms in total. The second-order valence-electron chi connectivity index (χ2n) is 4.99. The van der Waals surface area contributed by atoms with Crippen LogP contribution in [0.1, 0.15) is 61.0 Å². The van der Waals surface area contributed by atoms with Crippen LogP contribution >= 0.6 is 0 Å². The fourth-order valence-corrected chi connectivity index (χ4v) is 4.37. The van der Waals surface area contributed by atoms with Crippen molar-refractivity contribution in [1.29, 1.82) is 0 Å². The molecule has 2 aliphatic carbocycles. The summed E-state index contributed by atoms with van der Waals surface area (Å²) >= 11 is 0.372. The SMILES string of the molecule is C1CCCc2[se]nnc2[C@H]2C[C@@H]2CCC1. The van der Waals surface area contributed by atoms with E-state index in [1.54, 1.807) is 4.44 Å². The van der Waals surface area contributed by atoms with Crippen LogP contribution in [0.4, 0.5) is 0 Å². The zero-order valence-corrected chi connectivity index (χ0v) is 10.8. The molecule has 0 aromatic carbocycles. The maximum absolute atomic E-state index is 4.42. The number of hydrogen-bond acceptors (Lipinski definition) is 2. The van der Waals surface area contributed by atoms with E-state index in [0.29, 0.717) is 14.7 Å². The van der Waals surface area contributed by atoms with Gasteiger partial charge >= 0.3 is 97.3 Å². The summed E-state index contributed by atoms with van der Waals surface area (Å²) in [6.07, 6.45) is 11.3. The Hall–Kier alpha value is -0.141. The minimum absolute atomic E-state index is 0.372. The average Bonchev–Trinajstić information content (AvgIpc) is 2.86. The van der Waals surface area contributed by atoms with Gasteiger partial charge in [0.05, 0.1) is 0 Å². The molecule has 0 N–H and O–H groups in total. The molecule has 0 aliphatic heterocycles. The van der Waals surface area contributed by atoms with Crippen LogP contribution in [0.3, 0.4) is 0 Å². The summed E-state index contributed by atoms with van der Waals surface area (Å²) < 4.78 is 5.92. The standard InChI is InChI=1S/C12H18N2Se/c1-2-4-6-9-8-10(9)12-11(7-5-3-1)15-14-13-12/h9-10H,1-8H2/t9-,10-/m0/s1. The van der Waals surface area contributed by atoms with Gasteiger partial charge in [0.2, 0.25) is 0 Å². The van der Waals surface area contributed by atoms with Gasteiger partial charge in [-0.15, -0.1) is 0 Å². The molecular formula is C12H18N2Se. The van der Waals surface area contributed by atoms with Gasteiger partial charge in [-0.3, -0.25) is 0 Å². The van der Waals surface area contributed by atoms with E-state index >= 15 is 0 Å². The molecule has 2 atom stereocenters. The zero-order chi connectivity index (χ0) is 10.1. The van der Waals surface area contributed by atoms with E-state index in [0.717, 1.165) is 11.8 Å². The molecule has 1 aromatic heterocycles. The van der Waals surface area contributed by atoms with Gasteiger partial charge in [0.1, 0.15) is 0 Å². The van der Waals surface area contributed by atoms with Gasteiger partial charge in [-0.1, -0.05) is 0 Å². The Morgan fingerprint density at radius 3 is 2.93 bits per heavy atom. The number of aryl methyl sites for hydroxylation is 1. The quantitative estimate of drug-likeness (QED) is 0.676. The molecule has 0 radical (unpaired) electrons. The van der Waals surface area contributed by atoms with E-state index in [9.17, 15) is 0 Å². The molecule has 15 heavy (non-hydrogen) atoms. The first-order valence-electron chi connectivity index (χ1n) is 6.26. The third-order valence-corrected chi connectivity index (χ3v) is 5.51. The van der Waals surface area contributed by atoms with Crippen molar-refractivity contribution >= 4 is 14.7 Å². The summed E-state index contributed by atoms with van der Waals surface area (Å²) in [6, 6.07) is 0.